The molecule has 2 aliphatic rings. The fraction of sp³-hybridized carbons (Fsp3) is 0.632. The summed E-state index contributed by atoms with van der Waals surface area (Å²) < 4.78 is 59.7. The van der Waals surface area contributed by atoms with Crippen LogP contribution in [0, 0.1) is 5.41 Å². The first-order valence-corrected chi connectivity index (χ1v) is 12.7. The summed E-state index contributed by atoms with van der Waals surface area (Å²) in [5, 5.41) is 0. The molecule has 2 atom stereocenters. The number of methoxy groups -OCH3 is 1. The van der Waals surface area contributed by atoms with Crippen molar-refractivity contribution < 1.29 is 26.4 Å². The Balaban J connectivity index is 2.15. The van der Waals surface area contributed by atoms with Crippen molar-refractivity contribution in [1.29, 1.82) is 0 Å². The number of ether oxygens (including phenoxy) is 1. The van der Waals surface area contributed by atoms with E-state index in [9.17, 15) is 21.6 Å². The zero-order chi connectivity index (χ0) is 21.8. The molecule has 2 saturated heterocycles. The van der Waals surface area contributed by atoms with Gasteiger partial charge in [0, 0.05) is 12.1 Å². The van der Waals surface area contributed by atoms with Gasteiger partial charge in [0.05, 0.1) is 24.0 Å². The first-order valence-electron chi connectivity index (χ1n) is 9.62. The highest BCUT2D eigenvalue weighted by molar-refractivity contribution is 7.94. The van der Waals surface area contributed by atoms with Gasteiger partial charge in [-0.15, -0.1) is 0 Å². The van der Waals surface area contributed by atoms with Gasteiger partial charge in [0.15, 0.2) is 0 Å². The Morgan fingerprint density at radius 1 is 1.14 bits per heavy atom. The van der Waals surface area contributed by atoms with Gasteiger partial charge in [-0.2, -0.15) is 4.31 Å². The maximum Gasteiger partial charge on any atom is 0.247 e. The van der Waals surface area contributed by atoms with E-state index in [0.717, 1.165) is 19.3 Å². The van der Waals surface area contributed by atoms with Gasteiger partial charge in [-0.3, -0.25) is 4.79 Å². The van der Waals surface area contributed by atoms with Crippen LogP contribution in [0.25, 0.3) is 0 Å². The lowest BCUT2D eigenvalue weighted by Crippen LogP contribution is -2.47. The van der Waals surface area contributed by atoms with E-state index in [2.05, 4.69) is 0 Å². The second kappa shape index (κ2) is 7.24. The minimum absolute atomic E-state index is 0.0114. The third-order valence-corrected chi connectivity index (χ3v) is 9.80. The number of carbonyl (C=O) groups is 1. The third-order valence-electron chi connectivity index (χ3n) is 5.63. The quantitative estimate of drug-likeness (QED) is 0.707. The Labute approximate surface area is 172 Å². The van der Waals surface area contributed by atoms with E-state index in [1.54, 1.807) is 13.8 Å². The smallest absolute Gasteiger partial charge is 0.247 e. The number of piperidine rings is 1. The van der Waals surface area contributed by atoms with E-state index in [0.29, 0.717) is 4.31 Å². The van der Waals surface area contributed by atoms with Crippen LogP contribution in [-0.4, -0.2) is 52.0 Å². The summed E-state index contributed by atoms with van der Waals surface area (Å²) in [5.74, 6) is -0.791. The van der Waals surface area contributed by atoms with Crippen LogP contribution in [0.2, 0.25) is 0 Å². The number of anilines is 1. The Kier molecular flexibility index (Phi) is 5.51. The monoisotopic (exact) mass is 444 g/mol. The molecule has 8 nitrogen and oxygen atoms in total. The first-order chi connectivity index (χ1) is 13.3. The van der Waals surface area contributed by atoms with Crippen molar-refractivity contribution in [3.8, 4) is 5.75 Å². The SMILES string of the molecule is COc1ccc(N2C(=O)C(C)(C)CS2(=O)=O)cc1S(=O)(=O)N1[C@H](C)CCC[C@@H]1C. The number of carbonyl (C=O) groups excluding carboxylic acids is 1. The molecular weight excluding hydrogens is 416 g/mol. The fourth-order valence-corrected chi connectivity index (χ4v) is 8.40. The Morgan fingerprint density at radius 2 is 1.72 bits per heavy atom. The van der Waals surface area contributed by atoms with Crippen LogP contribution >= 0.6 is 0 Å². The van der Waals surface area contributed by atoms with Crippen molar-refractivity contribution in [2.75, 3.05) is 17.2 Å². The Bertz CT molecular complexity index is 1020. The molecule has 0 saturated carbocycles. The van der Waals surface area contributed by atoms with E-state index in [1.807, 2.05) is 13.8 Å². The van der Waals surface area contributed by atoms with Crippen LogP contribution in [0.5, 0.6) is 5.75 Å². The van der Waals surface area contributed by atoms with Gasteiger partial charge >= 0.3 is 0 Å². The summed E-state index contributed by atoms with van der Waals surface area (Å²) in [5.41, 5.74) is -1.06. The van der Waals surface area contributed by atoms with E-state index in [4.69, 9.17) is 4.74 Å². The summed E-state index contributed by atoms with van der Waals surface area (Å²) in [6.45, 7) is 6.84. The number of nitrogens with zero attached hydrogens (tertiary/aromatic N) is 2. The zero-order valence-corrected chi connectivity index (χ0v) is 19.0. The lowest BCUT2D eigenvalue weighted by Gasteiger charge is -2.38. The van der Waals surface area contributed by atoms with Crippen molar-refractivity contribution >= 4 is 31.6 Å². The highest BCUT2D eigenvalue weighted by atomic mass is 32.2. The summed E-state index contributed by atoms with van der Waals surface area (Å²) >= 11 is 0. The van der Waals surface area contributed by atoms with E-state index >= 15 is 0 Å². The molecule has 1 aromatic carbocycles. The highest BCUT2D eigenvalue weighted by Crippen LogP contribution is 2.40. The minimum Gasteiger partial charge on any atom is -0.495 e. The second-order valence-corrected chi connectivity index (χ2v) is 12.1. The summed E-state index contributed by atoms with van der Waals surface area (Å²) in [6.07, 6.45) is 2.44. The molecule has 0 aliphatic carbocycles. The maximum atomic E-state index is 13.5. The van der Waals surface area contributed by atoms with Crippen LogP contribution in [0.1, 0.15) is 47.0 Å². The molecule has 2 fully saturated rings. The van der Waals surface area contributed by atoms with Gasteiger partial charge in [-0.05, 0) is 58.7 Å². The average molecular weight is 445 g/mol. The number of sulfonamides is 2. The molecule has 2 aliphatic heterocycles. The van der Waals surface area contributed by atoms with Crippen molar-refractivity contribution in [2.24, 2.45) is 5.41 Å². The maximum absolute atomic E-state index is 13.5. The predicted molar refractivity (Wildman–Crippen MR) is 110 cm³/mol. The molecule has 10 heteroatoms. The van der Waals surface area contributed by atoms with Crippen LogP contribution in [-0.2, 0) is 24.8 Å². The molecule has 0 unspecified atom stereocenters. The van der Waals surface area contributed by atoms with Gasteiger partial charge in [-0.1, -0.05) is 6.42 Å². The largest absolute Gasteiger partial charge is 0.495 e. The molecule has 1 amide bonds. The van der Waals surface area contributed by atoms with Gasteiger partial charge in [0.25, 0.3) is 0 Å². The molecule has 1 aromatic rings. The lowest BCUT2D eigenvalue weighted by molar-refractivity contribution is -0.123. The molecule has 0 bridgehead atoms. The van der Waals surface area contributed by atoms with Crippen molar-refractivity contribution in [2.45, 2.75) is 63.9 Å². The van der Waals surface area contributed by atoms with Crippen LogP contribution in [0.15, 0.2) is 23.1 Å². The number of hydrogen-bond donors (Lipinski definition) is 0. The van der Waals surface area contributed by atoms with Crippen molar-refractivity contribution in [3.63, 3.8) is 0 Å². The topological polar surface area (TPSA) is 101 Å². The third kappa shape index (κ3) is 3.66. The summed E-state index contributed by atoms with van der Waals surface area (Å²) in [6, 6.07) is 3.66. The lowest BCUT2D eigenvalue weighted by atomic mass is 9.95. The zero-order valence-electron chi connectivity index (χ0n) is 17.4. The van der Waals surface area contributed by atoms with Gasteiger partial charge in [0.1, 0.15) is 10.6 Å². The van der Waals surface area contributed by atoms with Crippen LogP contribution in [0.3, 0.4) is 0 Å². The van der Waals surface area contributed by atoms with Crippen LogP contribution < -0.4 is 9.04 Å². The normalized spacial score (nSPS) is 27.2. The Morgan fingerprint density at radius 3 is 2.21 bits per heavy atom. The Hall–Kier alpha value is -1.65. The molecular formula is C19H28N2O6S2. The molecule has 0 spiro atoms. The van der Waals surface area contributed by atoms with E-state index in [1.165, 1.54) is 29.6 Å². The minimum atomic E-state index is -3.96. The molecule has 0 aromatic heterocycles. The van der Waals surface area contributed by atoms with E-state index in [-0.39, 0.29) is 34.2 Å². The number of rotatable bonds is 4. The number of amides is 1. The van der Waals surface area contributed by atoms with Crippen molar-refractivity contribution in [3.05, 3.63) is 18.2 Å². The number of benzene rings is 1. The molecule has 29 heavy (non-hydrogen) atoms. The number of hydrogen-bond acceptors (Lipinski definition) is 6. The average Bonchev–Trinajstić information content (AvgIpc) is 2.76. The predicted octanol–water partition coefficient (Wildman–Crippen LogP) is 2.35. The van der Waals surface area contributed by atoms with Crippen LogP contribution in [0.4, 0.5) is 5.69 Å². The molecule has 162 valence electrons. The van der Waals surface area contributed by atoms with Gasteiger partial charge in [-0.25, -0.2) is 21.1 Å². The molecule has 0 radical (unpaired) electrons. The first kappa shape index (κ1) is 22.0. The highest BCUT2D eigenvalue weighted by Gasteiger charge is 2.50. The second-order valence-electron chi connectivity index (χ2n) is 8.51. The molecule has 3 rings (SSSR count). The molecule has 0 N–H and O–H groups in total. The van der Waals surface area contributed by atoms with Gasteiger partial charge < -0.3 is 4.74 Å². The summed E-state index contributed by atoms with van der Waals surface area (Å²) in [4.78, 5) is 12.6. The summed E-state index contributed by atoms with van der Waals surface area (Å²) in [7, 11) is -6.49. The fourth-order valence-electron chi connectivity index (χ4n) is 4.24. The standard InChI is InChI=1S/C19H28N2O6S2/c1-13-7-6-8-14(2)20(13)29(25,26)17-11-15(9-10-16(17)27-5)21-18(22)19(3,4)12-28(21,23)24/h9-11,13-14H,6-8,12H2,1-5H3/t13-,14+. The molecule has 2 heterocycles. The van der Waals surface area contributed by atoms with Gasteiger partial charge in [0.2, 0.25) is 26.0 Å². The van der Waals surface area contributed by atoms with E-state index < -0.39 is 31.4 Å². The van der Waals surface area contributed by atoms with Crippen molar-refractivity contribution in [1.82, 2.24) is 4.31 Å².